The van der Waals surface area contributed by atoms with Crippen molar-refractivity contribution >= 4 is 5.96 Å². The summed E-state index contributed by atoms with van der Waals surface area (Å²) in [5, 5.41) is 6.82. The topological polar surface area (TPSA) is 85.7 Å². The van der Waals surface area contributed by atoms with E-state index in [1.807, 2.05) is 13.0 Å². The minimum Gasteiger partial charge on any atom is -0.376 e. The van der Waals surface area contributed by atoms with Gasteiger partial charge in [-0.2, -0.15) is 0 Å². The molecule has 6 heteroatoms. The van der Waals surface area contributed by atoms with Crippen molar-refractivity contribution in [2.75, 3.05) is 13.2 Å². The third kappa shape index (κ3) is 3.74. The van der Waals surface area contributed by atoms with Crippen LogP contribution in [0, 0.1) is 6.92 Å². The minimum atomic E-state index is 0.260. The standard InChI is InChI=1S/C11H18N4O2/c1-8-5-10(17-15-8)7-14-11(12)13-6-9-3-2-4-16-9/h5,9H,2-4,6-7H2,1H3,(H3,12,13,14). The summed E-state index contributed by atoms with van der Waals surface area (Å²) in [5.74, 6) is 1.12. The summed E-state index contributed by atoms with van der Waals surface area (Å²) in [5.41, 5.74) is 6.58. The van der Waals surface area contributed by atoms with Gasteiger partial charge in [0.1, 0.15) is 6.54 Å². The summed E-state index contributed by atoms with van der Waals surface area (Å²) in [6.45, 7) is 3.84. The molecule has 2 heterocycles. The van der Waals surface area contributed by atoms with Gasteiger partial charge in [-0.3, -0.25) is 0 Å². The van der Waals surface area contributed by atoms with Crippen molar-refractivity contribution in [2.45, 2.75) is 32.4 Å². The molecule has 1 atom stereocenters. The van der Waals surface area contributed by atoms with Crippen LogP contribution in [0.25, 0.3) is 0 Å². The SMILES string of the molecule is Cc1cc(CN=C(N)NCC2CCCO2)on1. The molecule has 94 valence electrons. The van der Waals surface area contributed by atoms with Crippen molar-refractivity contribution in [1.29, 1.82) is 0 Å². The van der Waals surface area contributed by atoms with Crippen molar-refractivity contribution in [3.8, 4) is 0 Å². The third-order valence-electron chi connectivity index (χ3n) is 2.62. The van der Waals surface area contributed by atoms with Gasteiger partial charge in [-0.25, -0.2) is 4.99 Å². The maximum Gasteiger partial charge on any atom is 0.189 e. The number of hydrogen-bond acceptors (Lipinski definition) is 4. The van der Waals surface area contributed by atoms with E-state index in [0.717, 1.165) is 25.1 Å². The molecule has 1 fully saturated rings. The van der Waals surface area contributed by atoms with E-state index in [9.17, 15) is 0 Å². The molecule has 0 aliphatic carbocycles. The molecule has 17 heavy (non-hydrogen) atoms. The van der Waals surface area contributed by atoms with E-state index in [4.69, 9.17) is 15.0 Å². The molecule has 0 saturated carbocycles. The van der Waals surface area contributed by atoms with Crippen molar-refractivity contribution in [3.63, 3.8) is 0 Å². The lowest BCUT2D eigenvalue weighted by atomic mass is 10.2. The van der Waals surface area contributed by atoms with Gasteiger partial charge in [-0.15, -0.1) is 0 Å². The molecule has 0 spiro atoms. The fourth-order valence-electron chi connectivity index (χ4n) is 1.73. The van der Waals surface area contributed by atoms with E-state index in [1.165, 1.54) is 0 Å². The summed E-state index contributed by atoms with van der Waals surface area (Å²) in [6.07, 6.45) is 2.47. The van der Waals surface area contributed by atoms with Crippen LogP contribution in [0.1, 0.15) is 24.3 Å². The van der Waals surface area contributed by atoms with Gasteiger partial charge >= 0.3 is 0 Å². The van der Waals surface area contributed by atoms with Crippen molar-refractivity contribution in [2.24, 2.45) is 10.7 Å². The van der Waals surface area contributed by atoms with E-state index in [-0.39, 0.29) is 6.10 Å². The highest BCUT2D eigenvalue weighted by Crippen LogP contribution is 2.10. The van der Waals surface area contributed by atoms with E-state index in [1.54, 1.807) is 0 Å². The van der Waals surface area contributed by atoms with E-state index in [2.05, 4.69) is 15.5 Å². The zero-order valence-corrected chi connectivity index (χ0v) is 9.98. The number of rotatable bonds is 4. The van der Waals surface area contributed by atoms with Crippen LogP contribution in [0.15, 0.2) is 15.6 Å². The largest absolute Gasteiger partial charge is 0.376 e. The molecule has 2 rings (SSSR count). The number of nitrogens with two attached hydrogens (primary N) is 1. The van der Waals surface area contributed by atoms with Crippen LogP contribution >= 0.6 is 0 Å². The molecular weight excluding hydrogens is 220 g/mol. The van der Waals surface area contributed by atoms with Crippen LogP contribution in [0.3, 0.4) is 0 Å². The molecule has 0 bridgehead atoms. The number of nitrogens with one attached hydrogen (secondary N) is 1. The van der Waals surface area contributed by atoms with Crippen LogP contribution in [-0.4, -0.2) is 30.4 Å². The first-order chi connectivity index (χ1) is 8.24. The summed E-state index contributed by atoms with van der Waals surface area (Å²) >= 11 is 0. The summed E-state index contributed by atoms with van der Waals surface area (Å²) in [7, 11) is 0. The normalized spacial score (nSPS) is 20.8. The van der Waals surface area contributed by atoms with Gasteiger partial charge in [-0.1, -0.05) is 5.16 Å². The lowest BCUT2D eigenvalue weighted by Gasteiger charge is -2.10. The summed E-state index contributed by atoms with van der Waals surface area (Å²) in [6, 6.07) is 1.84. The van der Waals surface area contributed by atoms with Gasteiger partial charge in [0.2, 0.25) is 0 Å². The zero-order valence-electron chi connectivity index (χ0n) is 9.98. The first-order valence-corrected chi connectivity index (χ1v) is 5.81. The monoisotopic (exact) mass is 238 g/mol. The second-order valence-electron chi connectivity index (χ2n) is 4.15. The molecule has 1 aliphatic heterocycles. The van der Waals surface area contributed by atoms with Crippen LogP contribution < -0.4 is 11.1 Å². The van der Waals surface area contributed by atoms with Gasteiger partial charge in [0.25, 0.3) is 0 Å². The Kier molecular flexibility index (Phi) is 3.98. The van der Waals surface area contributed by atoms with E-state index in [0.29, 0.717) is 24.8 Å². The Morgan fingerprint density at radius 3 is 3.24 bits per heavy atom. The maximum atomic E-state index is 5.73. The Morgan fingerprint density at radius 2 is 2.59 bits per heavy atom. The lowest BCUT2D eigenvalue weighted by Crippen LogP contribution is -2.37. The van der Waals surface area contributed by atoms with Crippen LogP contribution in [0.5, 0.6) is 0 Å². The Morgan fingerprint density at radius 1 is 1.71 bits per heavy atom. The minimum absolute atomic E-state index is 0.260. The highest BCUT2D eigenvalue weighted by Gasteiger charge is 2.14. The van der Waals surface area contributed by atoms with Crippen molar-refractivity contribution in [1.82, 2.24) is 10.5 Å². The molecule has 1 aromatic heterocycles. The van der Waals surface area contributed by atoms with E-state index < -0.39 is 0 Å². The highest BCUT2D eigenvalue weighted by atomic mass is 16.5. The van der Waals surface area contributed by atoms with Gasteiger partial charge < -0.3 is 20.3 Å². The number of hydrogen-bond donors (Lipinski definition) is 2. The molecular formula is C11H18N4O2. The fourth-order valence-corrected chi connectivity index (χ4v) is 1.73. The zero-order chi connectivity index (χ0) is 12.1. The number of guanidine groups is 1. The van der Waals surface area contributed by atoms with Gasteiger partial charge in [-0.05, 0) is 19.8 Å². The lowest BCUT2D eigenvalue weighted by molar-refractivity contribution is 0.114. The molecule has 3 N–H and O–H groups in total. The smallest absolute Gasteiger partial charge is 0.189 e. The number of ether oxygens (including phenoxy) is 1. The average molecular weight is 238 g/mol. The fraction of sp³-hybridized carbons (Fsp3) is 0.636. The molecule has 1 unspecified atom stereocenters. The molecule has 1 aliphatic rings. The Balaban J connectivity index is 1.73. The first kappa shape index (κ1) is 11.9. The first-order valence-electron chi connectivity index (χ1n) is 5.81. The van der Waals surface area contributed by atoms with Crippen LogP contribution in [0.2, 0.25) is 0 Å². The number of nitrogens with zero attached hydrogens (tertiary/aromatic N) is 2. The van der Waals surface area contributed by atoms with E-state index >= 15 is 0 Å². The van der Waals surface area contributed by atoms with Crippen molar-refractivity contribution < 1.29 is 9.26 Å². The molecule has 1 aromatic rings. The summed E-state index contributed by atoms with van der Waals surface area (Å²) in [4.78, 5) is 4.16. The second-order valence-corrected chi connectivity index (χ2v) is 4.15. The quantitative estimate of drug-likeness (QED) is 0.591. The van der Waals surface area contributed by atoms with Gasteiger partial charge in [0.15, 0.2) is 11.7 Å². The molecule has 1 saturated heterocycles. The Bertz CT molecular complexity index is 383. The molecule has 0 radical (unpaired) electrons. The number of aliphatic imine (C=N–C) groups is 1. The van der Waals surface area contributed by atoms with Gasteiger partial charge in [0, 0.05) is 19.2 Å². The highest BCUT2D eigenvalue weighted by molar-refractivity contribution is 5.77. The Labute approximate surface area is 100 Å². The second kappa shape index (κ2) is 5.67. The van der Waals surface area contributed by atoms with Crippen molar-refractivity contribution in [3.05, 3.63) is 17.5 Å². The molecule has 0 amide bonds. The average Bonchev–Trinajstić information content (AvgIpc) is 2.95. The molecule has 6 nitrogen and oxygen atoms in total. The summed E-state index contributed by atoms with van der Waals surface area (Å²) < 4.78 is 10.5. The Hall–Kier alpha value is -1.56. The molecule has 0 aromatic carbocycles. The maximum absolute atomic E-state index is 5.73. The predicted molar refractivity (Wildman–Crippen MR) is 63.5 cm³/mol. The predicted octanol–water partition coefficient (Wildman–Crippen LogP) is 0.566. The van der Waals surface area contributed by atoms with Crippen LogP contribution in [0.4, 0.5) is 0 Å². The number of aryl methyl sites for hydroxylation is 1. The third-order valence-corrected chi connectivity index (χ3v) is 2.62. The van der Waals surface area contributed by atoms with Crippen LogP contribution in [-0.2, 0) is 11.3 Å². The van der Waals surface area contributed by atoms with Gasteiger partial charge in [0.05, 0.1) is 11.8 Å². The number of aromatic nitrogens is 1.